The van der Waals surface area contributed by atoms with E-state index >= 15 is 0 Å². The van der Waals surface area contributed by atoms with Crippen LogP contribution in [0.4, 0.5) is 5.95 Å². The molecule has 0 saturated carbocycles. The molecule has 0 unspecified atom stereocenters. The number of hydrogen-bond donors (Lipinski definition) is 1. The number of ether oxygens (including phenoxy) is 1. The zero-order valence-electron chi connectivity index (χ0n) is 6.04. The van der Waals surface area contributed by atoms with E-state index in [1.807, 2.05) is 0 Å². The lowest BCUT2D eigenvalue weighted by Gasteiger charge is -2.00. The maximum atomic E-state index is 5.70. The molecule has 1 aromatic heterocycles. The summed E-state index contributed by atoms with van der Waals surface area (Å²) in [5, 5.41) is 0.347. The van der Waals surface area contributed by atoms with Gasteiger partial charge in [0.1, 0.15) is 5.15 Å². The van der Waals surface area contributed by atoms with Crippen LogP contribution in [0, 0.1) is 0 Å². The highest BCUT2D eigenvalue weighted by atomic mass is 35.5. The minimum Gasteiger partial charge on any atom is -0.380 e. The van der Waals surface area contributed by atoms with Gasteiger partial charge in [-0.3, -0.25) is 0 Å². The van der Waals surface area contributed by atoms with Gasteiger partial charge in [0.2, 0.25) is 5.95 Å². The molecule has 0 atom stereocenters. The number of anilines is 1. The van der Waals surface area contributed by atoms with Crippen LogP contribution in [0.2, 0.25) is 5.15 Å². The molecule has 0 radical (unpaired) electrons. The van der Waals surface area contributed by atoms with Gasteiger partial charge in [-0.2, -0.15) is 0 Å². The van der Waals surface area contributed by atoms with Crippen molar-refractivity contribution in [3.05, 3.63) is 16.9 Å². The van der Waals surface area contributed by atoms with Crippen LogP contribution in [0.3, 0.4) is 0 Å². The second-order valence-corrected chi connectivity index (χ2v) is 2.34. The van der Waals surface area contributed by atoms with Crippen LogP contribution in [0.5, 0.6) is 0 Å². The summed E-state index contributed by atoms with van der Waals surface area (Å²) >= 11 is 5.70. The SMILES string of the molecule is COCc1cnc(N)nc1Cl. The van der Waals surface area contributed by atoms with Gasteiger partial charge < -0.3 is 10.5 Å². The fourth-order valence-corrected chi connectivity index (χ4v) is 0.841. The molecule has 60 valence electrons. The second kappa shape index (κ2) is 3.50. The number of nitrogens with zero attached hydrogens (tertiary/aromatic N) is 2. The normalized spacial score (nSPS) is 10.0. The Hall–Kier alpha value is -0.870. The van der Waals surface area contributed by atoms with Crippen LogP contribution in [-0.2, 0) is 11.3 Å². The maximum absolute atomic E-state index is 5.70. The van der Waals surface area contributed by atoms with Crippen molar-refractivity contribution in [2.45, 2.75) is 6.61 Å². The van der Waals surface area contributed by atoms with Crippen LogP contribution in [0.1, 0.15) is 5.56 Å². The largest absolute Gasteiger partial charge is 0.380 e. The number of hydrogen-bond acceptors (Lipinski definition) is 4. The van der Waals surface area contributed by atoms with Crippen molar-refractivity contribution in [2.75, 3.05) is 12.8 Å². The van der Waals surface area contributed by atoms with Crippen LogP contribution in [-0.4, -0.2) is 17.1 Å². The summed E-state index contributed by atoms with van der Waals surface area (Å²) in [6, 6.07) is 0. The summed E-state index contributed by atoms with van der Waals surface area (Å²) in [4.78, 5) is 7.51. The third-order valence-corrected chi connectivity index (χ3v) is 1.46. The molecule has 1 aromatic rings. The lowest BCUT2D eigenvalue weighted by Crippen LogP contribution is -1.98. The zero-order valence-corrected chi connectivity index (χ0v) is 6.80. The number of nitrogens with two attached hydrogens (primary N) is 1. The van der Waals surface area contributed by atoms with Gasteiger partial charge >= 0.3 is 0 Å². The van der Waals surface area contributed by atoms with E-state index in [-0.39, 0.29) is 5.95 Å². The molecule has 5 heteroatoms. The Kier molecular flexibility index (Phi) is 2.62. The van der Waals surface area contributed by atoms with Gasteiger partial charge in [0.05, 0.1) is 6.61 Å². The molecule has 0 aromatic carbocycles. The van der Waals surface area contributed by atoms with Gasteiger partial charge in [-0.05, 0) is 0 Å². The van der Waals surface area contributed by atoms with Crippen molar-refractivity contribution in [1.29, 1.82) is 0 Å². The predicted octanol–water partition coefficient (Wildman–Crippen LogP) is 0.859. The Morgan fingerprint density at radius 3 is 3.00 bits per heavy atom. The van der Waals surface area contributed by atoms with Gasteiger partial charge in [0.15, 0.2) is 0 Å². The molecule has 0 saturated heterocycles. The smallest absolute Gasteiger partial charge is 0.221 e. The summed E-state index contributed by atoms with van der Waals surface area (Å²) in [6.45, 7) is 0.402. The lowest BCUT2D eigenvalue weighted by molar-refractivity contribution is 0.184. The Morgan fingerprint density at radius 2 is 2.45 bits per heavy atom. The molecule has 1 heterocycles. The Balaban J connectivity index is 2.90. The van der Waals surface area contributed by atoms with Crippen molar-refractivity contribution in [2.24, 2.45) is 0 Å². The van der Waals surface area contributed by atoms with Crippen LogP contribution in [0.25, 0.3) is 0 Å². The van der Waals surface area contributed by atoms with Gasteiger partial charge in [-0.25, -0.2) is 9.97 Å². The van der Waals surface area contributed by atoms with Gasteiger partial charge in [-0.15, -0.1) is 0 Å². The highest BCUT2D eigenvalue weighted by Crippen LogP contribution is 2.12. The molecule has 2 N–H and O–H groups in total. The predicted molar refractivity (Wildman–Crippen MR) is 42.2 cm³/mol. The van der Waals surface area contributed by atoms with Crippen molar-refractivity contribution >= 4 is 17.5 Å². The van der Waals surface area contributed by atoms with Crippen molar-refractivity contribution in [3.63, 3.8) is 0 Å². The van der Waals surface area contributed by atoms with Crippen molar-refractivity contribution < 1.29 is 4.74 Å². The van der Waals surface area contributed by atoms with Crippen LogP contribution in [0.15, 0.2) is 6.20 Å². The fraction of sp³-hybridized carbons (Fsp3) is 0.333. The van der Waals surface area contributed by atoms with Crippen molar-refractivity contribution in [1.82, 2.24) is 9.97 Å². The summed E-state index contributed by atoms with van der Waals surface area (Å²) in [5.74, 6) is 0.176. The molecule has 0 fully saturated rings. The number of rotatable bonds is 2. The average Bonchev–Trinajstić information content (AvgIpc) is 1.95. The minimum atomic E-state index is 0.176. The standard InChI is InChI=1S/C6H8ClN3O/c1-11-3-4-2-9-6(8)10-5(4)7/h2H,3H2,1H3,(H2,8,9,10). The molecule has 4 nitrogen and oxygen atoms in total. The third-order valence-electron chi connectivity index (χ3n) is 1.13. The third kappa shape index (κ3) is 2.03. The van der Waals surface area contributed by atoms with E-state index in [2.05, 4.69) is 9.97 Å². The first-order valence-electron chi connectivity index (χ1n) is 3.00. The van der Waals surface area contributed by atoms with E-state index in [1.165, 1.54) is 0 Å². The van der Waals surface area contributed by atoms with E-state index in [0.717, 1.165) is 5.56 Å². The fourth-order valence-electron chi connectivity index (χ4n) is 0.651. The molecule has 11 heavy (non-hydrogen) atoms. The summed E-state index contributed by atoms with van der Waals surface area (Å²) in [6.07, 6.45) is 1.55. The van der Waals surface area contributed by atoms with E-state index in [1.54, 1.807) is 13.3 Å². The van der Waals surface area contributed by atoms with E-state index in [4.69, 9.17) is 22.1 Å². The molecular weight excluding hydrogens is 166 g/mol. The zero-order chi connectivity index (χ0) is 8.27. The minimum absolute atomic E-state index is 0.176. The number of halogens is 1. The lowest BCUT2D eigenvalue weighted by atomic mass is 10.4. The maximum Gasteiger partial charge on any atom is 0.221 e. The van der Waals surface area contributed by atoms with Crippen LogP contribution < -0.4 is 5.73 Å². The Morgan fingerprint density at radius 1 is 1.73 bits per heavy atom. The first-order valence-corrected chi connectivity index (χ1v) is 3.37. The molecule has 1 rings (SSSR count). The molecule has 0 spiro atoms. The first kappa shape index (κ1) is 8.23. The summed E-state index contributed by atoms with van der Waals surface area (Å²) in [5.41, 5.74) is 6.02. The summed E-state index contributed by atoms with van der Waals surface area (Å²) in [7, 11) is 1.58. The van der Waals surface area contributed by atoms with Gasteiger partial charge in [0.25, 0.3) is 0 Å². The average molecular weight is 174 g/mol. The molecule has 0 aliphatic rings. The molecule has 0 amide bonds. The highest BCUT2D eigenvalue weighted by Gasteiger charge is 2.01. The second-order valence-electron chi connectivity index (χ2n) is 1.98. The molecule has 0 bridgehead atoms. The Bertz CT molecular complexity index is 254. The molecule has 0 aliphatic carbocycles. The quantitative estimate of drug-likeness (QED) is 0.674. The van der Waals surface area contributed by atoms with E-state index in [9.17, 15) is 0 Å². The molecule has 0 aliphatic heterocycles. The number of nitrogen functional groups attached to an aromatic ring is 1. The topological polar surface area (TPSA) is 61.0 Å². The van der Waals surface area contributed by atoms with Gasteiger partial charge in [0, 0.05) is 18.9 Å². The monoisotopic (exact) mass is 173 g/mol. The van der Waals surface area contributed by atoms with Crippen molar-refractivity contribution in [3.8, 4) is 0 Å². The number of methoxy groups -OCH3 is 1. The highest BCUT2D eigenvalue weighted by molar-refractivity contribution is 6.30. The number of aromatic nitrogens is 2. The summed E-state index contributed by atoms with van der Waals surface area (Å²) < 4.78 is 4.84. The van der Waals surface area contributed by atoms with Crippen LogP contribution >= 0.6 is 11.6 Å². The molecular formula is C6H8ClN3O. The Labute approximate surface area is 69.4 Å². The first-order chi connectivity index (χ1) is 5.24. The van der Waals surface area contributed by atoms with Gasteiger partial charge in [-0.1, -0.05) is 11.6 Å². The van der Waals surface area contributed by atoms with E-state index < -0.39 is 0 Å². The van der Waals surface area contributed by atoms with E-state index in [0.29, 0.717) is 11.8 Å².